The van der Waals surface area contributed by atoms with Gasteiger partial charge >= 0.3 is 5.69 Å². The summed E-state index contributed by atoms with van der Waals surface area (Å²) in [7, 11) is 1.73. The first-order valence-electron chi connectivity index (χ1n) is 7.02. The molecule has 0 amide bonds. The average Bonchev–Trinajstić information content (AvgIpc) is 2.89. The molecule has 120 valence electrons. The fraction of sp³-hybridized carbons (Fsp3) is 0.267. The van der Waals surface area contributed by atoms with E-state index in [1.54, 1.807) is 29.8 Å². The number of benzene rings is 1. The summed E-state index contributed by atoms with van der Waals surface area (Å²) in [6.07, 6.45) is 1.53. The molecule has 23 heavy (non-hydrogen) atoms. The summed E-state index contributed by atoms with van der Waals surface area (Å²) >= 11 is 11.9. The molecule has 0 radical (unpaired) electrons. The molecule has 8 heteroatoms. The van der Waals surface area contributed by atoms with Crippen LogP contribution in [0.15, 0.2) is 34.1 Å². The molecular formula is C15H14Cl2N4O2. The van der Waals surface area contributed by atoms with Crippen molar-refractivity contribution in [1.82, 2.24) is 18.7 Å². The highest BCUT2D eigenvalue weighted by Gasteiger charge is 2.16. The molecule has 0 saturated heterocycles. The van der Waals surface area contributed by atoms with Gasteiger partial charge in [0, 0.05) is 13.6 Å². The lowest BCUT2D eigenvalue weighted by atomic mass is 10.2. The summed E-state index contributed by atoms with van der Waals surface area (Å²) in [6.45, 7) is 2.38. The number of aromatic nitrogens is 4. The van der Waals surface area contributed by atoms with E-state index in [0.29, 0.717) is 27.8 Å². The maximum absolute atomic E-state index is 12.7. The van der Waals surface area contributed by atoms with Crippen molar-refractivity contribution in [2.75, 3.05) is 0 Å². The third-order valence-corrected chi connectivity index (χ3v) is 4.46. The number of imidazole rings is 1. The average molecular weight is 353 g/mol. The van der Waals surface area contributed by atoms with Crippen LogP contribution in [0.5, 0.6) is 0 Å². The van der Waals surface area contributed by atoms with Gasteiger partial charge in [0.05, 0.1) is 22.9 Å². The minimum absolute atomic E-state index is 0.121. The highest BCUT2D eigenvalue weighted by Crippen LogP contribution is 2.22. The van der Waals surface area contributed by atoms with Gasteiger partial charge in [-0.25, -0.2) is 9.78 Å². The molecule has 3 aromatic rings. The fourth-order valence-corrected chi connectivity index (χ4v) is 2.88. The van der Waals surface area contributed by atoms with Crippen molar-refractivity contribution in [2.24, 2.45) is 7.05 Å². The predicted molar refractivity (Wildman–Crippen MR) is 90.5 cm³/mol. The quantitative estimate of drug-likeness (QED) is 0.726. The largest absolute Gasteiger partial charge is 0.333 e. The van der Waals surface area contributed by atoms with Gasteiger partial charge in [-0.2, -0.15) is 0 Å². The maximum Gasteiger partial charge on any atom is 0.333 e. The number of hydrogen-bond acceptors (Lipinski definition) is 3. The molecule has 0 aliphatic heterocycles. The van der Waals surface area contributed by atoms with Crippen LogP contribution in [0.25, 0.3) is 11.2 Å². The molecule has 2 heterocycles. The minimum atomic E-state index is -0.394. The predicted octanol–water partition coefficient (Wildman–Crippen LogP) is 2.27. The number of fused-ring (bicyclic) bond motifs is 1. The monoisotopic (exact) mass is 352 g/mol. The van der Waals surface area contributed by atoms with Crippen molar-refractivity contribution in [1.29, 1.82) is 0 Å². The minimum Gasteiger partial charge on any atom is -0.328 e. The molecule has 6 nitrogen and oxygen atoms in total. The van der Waals surface area contributed by atoms with E-state index in [1.165, 1.54) is 15.5 Å². The Morgan fingerprint density at radius 3 is 2.52 bits per heavy atom. The third kappa shape index (κ3) is 2.58. The van der Waals surface area contributed by atoms with E-state index >= 15 is 0 Å². The van der Waals surface area contributed by atoms with Gasteiger partial charge < -0.3 is 4.57 Å². The molecule has 0 N–H and O–H groups in total. The Morgan fingerprint density at radius 2 is 1.87 bits per heavy atom. The highest BCUT2D eigenvalue weighted by atomic mass is 35.5. The van der Waals surface area contributed by atoms with Crippen molar-refractivity contribution in [3.8, 4) is 0 Å². The molecule has 0 unspecified atom stereocenters. The summed E-state index contributed by atoms with van der Waals surface area (Å²) in [5, 5.41) is 0.811. The number of rotatable bonds is 3. The molecule has 0 saturated carbocycles. The Morgan fingerprint density at radius 1 is 1.13 bits per heavy atom. The van der Waals surface area contributed by atoms with Crippen LogP contribution in [0.3, 0.4) is 0 Å². The molecule has 3 rings (SSSR count). The first-order chi connectivity index (χ1) is 10.9. The Bertz CT molecular complexity index is 1020. The van der Waals surface area contributed by atoms with E-state index in [1.807, 2.05) is 6.92 Å². The molecule has 0 bridgehead atoms. The van der Waals surface area contributed by atoms with Crippen LogP contribution >= 0.6 is 23.2 Å². The zero-order valence-electron chi connectivity index (χ0n) is 12.6. The Labute approximate surface area is 141 Å². The number of nitrogens with zero attached hydrogens (tertiary/aromatic N) is 4. The van der Waals surface area contributed by atoms with E-state index < -0.39 is 5.69 Å². The fourth-order valence-electron chi connectivity index (χ4n) is 2.56. The Balaban J connectivity index is 2.24. The van der Waals surface area contributed by atoms with E-state index in [2.05, 4.69) is 4.98 Å². The zero-order valence-corrected chi connectivity index (χ0v) is 14.1. The number of halogens is 2. The lowest BCUT2D eigenvalue weighted by Gasteiger charge is -2.11. The van der Waals surface area contributed by atoms with Crippen LogP contribution in [0.4, 0.5) is 0 Å². The van der Waals surface area contributed by atoms with Gasteiger partial charge in [-0.15, -0.1) is 0 Å². The standard InChI is InChI=1S/C15H14Cl2N4O2/c1-3-20-13-12(19(2)8-18-13)14(22)21(15(20)23)7-9-4-5-10(16)11(17)6-9/h4-6,8H,3,7H2,1-2H3. The second-order valence-corrected chi connectivity index (χ2v) is 6.01. The van der Waals surface area contributed by atoms with Crippen LogP contribution in [-0.2, 0) is 20.1 Å². The second kappa shape index (κ2) is 5.86. The molecule has 0 aliphatic rings. The van der Waals surface area contributed by atoms with Gasteiger partial charge in [-0.3, -0.25) is 13.9 Å². The van der Waals surface area contributed by atoms with Gasteiger partial charge in [-0.05, 0) is 24.6 Å². The van der Waals surface area contributed by atoms with Crippen LogP contribution in [0.1, 0.15) is 12.5 Å². The van der Waals surface area contributed by atoms with Crippen LogP contribution in [0, 0.1) is 0 Å². The van der Waals surface area contributed by atoms with Crippen LogP contribution in [0.2, 0.25) is 10.0 Å². The number of aryl methyl sites for hydroxylation is 2. The lowest BCUT2D eigenvalue weighted by Crippen LogP contribution is -2.40. The van der Waals surface area contributed by atoms with Gasteiger partial charge in [0.1, 0.15) is 0 Å². The van der Waals surface area contributed by atoms with Crippen molar-refractivity contribution in [3.63, 3.8) is 0 Å². The van der Waals surface area contributed by atoms with E-state index in [-0.39, 0.29) is 12.1 Å². The SMILES string of the molecule is CCn1c(=O)n(Cc2ccc(Cl)c(Cl)c2)c(=O)c2c1ncn2C. The van der Waals surface area contributed by atoms with Gasteiger partial charge in [-0.1, -0.05) is 29.3 Å². The summed E-state index contributed by atoms with van der Waals surface area (Å²) in [5.41, 5.74) is 0.750. The Hall–Kier alpha value is -2.05. The summed E-state index contributed by atoms with van der Waals surface area (Å²) in [6, 6.07) is 5.04. The molecule has 0 atom stereocenters. The van der Waals surface area contributed by atoms with E-state index in [4.69, 9.17) is 23.2 Å². The van der Waals surface area contributed by atoms with Crippen molar-refractivity contribution in [3.05, 3.63) is 61.0 Å². The number of hydrogen-bond donors (Lipinski definition) is 0. The van der Waals surface area contributed by atoms with Gasteiger partial charge in [0.15, 0.2) is 11.2 Å². The summed E-state index contributed by atoms with van der Waals surface area (Å²) in [5.74, 6) is 0. The molecule has 0 fully saturated rings. The molecular weight excluding hydrogens is 339 g/mol. The zero-order chi connectivity index (χ0) is 16.7. The Kier molecular flexibility index (Phi) is 4.04. The maximum atomic E-state index is 12.7. The lowest BCUT2D eigenvalue weighted by molar-refractivity contribution is 0.618. The first-order valence-corrected chi connectivity index (χ1v) is 7.78. The topological polar surface area (TPSA) is 61.8 Å². The van der Waals surface area contributed by atoms with Crippen molar-refractivity contribution in [2.45, 2.75) is 20.0 Å². The third-order valence-electron chi connectivity index (χ3n) is 3.72. The highest BCUT2D eigenvalue weighted by molar-refractivity contribution is 6.42. The molecule has 2 aromatic heterocycles. The van der Waals surface area contributed by atoms with Crippen LogP contribution < -0.4 is 11.2 Å². The molecule has 1 aromatic carbocycles. The normalized spacial score (nSPS) is 11.3. The van der Waals surface area contributed by atoms with Gasteiger partial charge in [0.2, 0.25) is 0 Å². The van der Waals surface area contributed by atoms with E-state index in [0.717, 1.165) is 5.56 Å². The smallest absolute Gasteiger partial charge is 0.328 e. The summed E-state index contributed by atoms with van der Waals surface area (Å²) in [4.78, 5) is 29.5. The van der Waals surface area contributed by atoms with Crippen LogP contribution in [-0.4, -0.2) is 18.7 Å². The summed E-state index contributed by atoms with van der Waals surface area (Å²) < 4.78 is 4.29. The van der Waals surface area contributed by atoms with Crippen molar-refractivity contribution < 1.29 is 0 Å². The van der Waals surface area contributed by atoms with E-state index in [9.17, 15) is 9.59 Å². The van der Waals surface area contributed by atoms with Gasteiger partial charge in [0.25, 0.3) is 5.56 Å². The molecule has 0 spiro atoms. The first kappa shape index (κ1) is 15.8. The van der Waals surface area contributed by atoms with Crippen molar-refractivity contribution >= 4 is 34.4 Å². The second-order valence-electron chi connectivity index (χ2n) is 5.19. The molecule has 0 aliphatic carbocycles.